The Bertz CT molecular complexity index is 1300. The van der Waals surface area contributed by atoms with Gasteiger partial charge in [0.15, 0.2) is 5.11 Å². The number of anilines is 2. The van der Waals surface area contributed by atoms with Crippen LogP contribution in [0.15, 0.2) is 85.1 Å². The highest BCUT2D eigenvalue weighted by Gasteiger charge is 2.42. The van der Waals surface area contributed by atoms with Crippen LogP contribution in [-0.4, -0.2) is 28.8 Å². The Balaban J connectivity index is 1.65. The van der Waals surface area contributed by atoms with Gasteiger partial charge in [-0.25, -0.2) is 0 Å². The summed E-state index contributed by atoms with van der Waals surface area (Å²) in [6, 6.07) is 27.3. The minimum absolute atomic E-state index is 0.0312. The fraction of sp³-hybridized carbons (Fsp3) is 0.214. The molecule has 172 valence electrons. The van der Waals surface area contributed by atoms with Gasteiger partial charge in [0, 0.05) is 48.7 Å². The molecule has 2 atom stereocenters. The summed E-state index contributed by atoms with van der Waals surface area (Å²) in [4.78, 5) is 9.04. The van der Waals surface area contributed by atoms with Crippen molar-refractivity contribution in [3.8, 4) is 5.69 Å². The lowest BCUT2D eigenvalue weighted by Crippen LogP contribution is -2.29. The Morgan fingerprint density at radius 2 is 1.59 bits per heavy atom. The van der Waals surface area contributed by atoms with Gasteiger partial charge < -0.3 is 19.7 Å². The molecule has 1 N–H and O–H groups in total. The molecule has 2 aromatic heterocycles. The number of nitrogens with one attached hydrogen (secondary N) is 1. The maximum absolute atomic E-state index is 5.91. The van der Waals surface area contributed by atoms with E-state index in [1.54, 1.807) is 0 Å². The molecule has 0 amide bonds. The normalized spacial score (nSPS) is 17.6. The molecule has 1 fully saturated rings. The monoisotopic (exact) mass is 467 g/mol. The molecule has 5 nitrogen and oxygen atoms in total. The van der Waals surface area contributed by atoms with E-state index in [-0.39, 0.29) is 12.1 Å². The molecule has 0 saturated carbocycles. The molecule has 5 rings (SSSR count). The van der Waals surface area contributed by atoms with Crippen LogP contribution in [0.25, 0.3) is 5.69 Å². The zero-order chi connectivity index (χ0) is 23.8. The number of aryl methyl sites for hydroxylation is 1. The number of pyridine rings is 1. The van der Waals surface area contributed by atoms with Gasteiger partial charge in [-0.3, -0.25) is 4.98 Å². The highest BCUT2D eigenvalue weighted by molar-refractivity contribution is 7.80. The van der Waals surface area contributed by atoms with Gasteiger partial charge >= 0.3 is 0 Å². The molecule has 0 bridgehead atoms. The van der Waals surface area contributed by atoms with Gasteiger partial charge in [-0.2, -0.15) is 0 Å². The van der Waals surface area contributed by atoms with E-state index < -0.39 is 0 Å². The second-order valence-electron chi connectivity index (χ2n) is 8.90. The van der Waals surface area contributed by atoms with E-state index in [4.69, 9.17) is 17.2 Å². The zero-order valence-electron chi connectivity index (χ0n) is 19.9. The third-order valence-corrected chi connectivity index (χ3v) is 6.86. The van der Waals surface area contributed by atoms with Gasteiger partial charge in [0.25, 0.3) is 0 Å². The maximum Gasteiger partial charge on any atom is 0.174 e. The molecule has 34 heavy (non-hydrogen) atoms. The van der Waals surface area contributed by atoms with E-state index in [0.717, 1.165) is 22.8 Å². The first kappa shape index (κ1) is 22.2. The van der Waals surface area contributed by atoms with Crippen LogP contribution in [0.5, 0.6) is 0 Å². The molecule has 3 heterocycles. The lowest BCUT2D eigenvalue weighted by atomic mass is 9.96. The molecule has 6 heteroatoms. The molecule has 1 saturated heterocycles. The fourth-order valence-corrected chi connectivity index (χ4v) is 5.27. The van der Waals surface area contributed by atoms with Gasteiger partial charge in [-0.15, -0.1) is 0 Å². The summed E-state index contributed by atoms with van der Waals surface area (Å²) in [5, 5.41) is 4.29. The van der Waals surface area contributed by atoms with E-state index in [0.29, 0.717) is 5.11 Å². The fourth-order valence-electron chi connectivity index (χ4n) is 4.92. The summed E-state index contributed by atoms with van der Waals surface area (Å²) >= 11 is 5.91. The molecular weight excluding hydrogens is 438 g/mol. The van der Waals surface area contributed by atoms with E-state index in [2.05, 4.69) is 108 Å². The van der Waals surface area contributed by atoms with E-state index in [9.17, 15) is 0 Å². The third-order valence-electron chi connectivity index (χ3n) is 6.55. The molecule has 1 aliphatic rings. The van der Waals surface area contributed by atoms with Crippen LogP contribution >= 0.6 is 12.2 Å². The van der Waals surface area contributed by atoms with Crippen LogP contribution in [0.4, 0.5) is 11.4 Å². The Morgan fingerprint density at radius 1 is 0.882 bits per heavy atom. The summed E-state index contributed by atoms with van der Waals surface area (Å²) in [7, 11) is 4.10. The lowest BCUT2D eigenvalue weighted by molar-refractivity contribution is 0.565. The van der Waals surface area contributed by atoms with Gasteiger partial charge in [0.1, 0.15) is 0 Å². The first-order valence-electron chi connectivity index (χ1n) is 11.5. The Morgan fingerprint density at radius 3 is 2.24 bits per heavy atom. The number of hydrogen-bond acceptors (Lipinski definition) is 3. The highest BCUT2D eigenvalue weighted by Crippen LogP contribution is 2.43. The van der Waals surface area contributed by atoms with E-state index in [1.165, 1.54) is 17.0 Å². The number of benzene rings is 2. The minimum Gasteiger partial charge on any atom is -0.378 e. The number of thiocarbonyl (C=S) groups is 1. The van der Waals surface area contributed by atoms with Crippen molar-refractivity contribution in [2.24, 2.45) is 0 Å². The standard InChI is InChI=1S/C28H29N5S/c1-19-18-24(20(2)32(19)22-10-6-5-7-11-22)27-26(25-12-8-9-17-29-25)30-28(34)33(27)23-15-13-21(14-16-23)31(3)4/h5-18,26-27H,1-4H3,(H,30,34)/t26-,27+/m0/s1. The zero-order valence-corrected chi connectivity index (χ0v) is 20.8. The smallest absolute Gasteiger partial charge is 0.174 e. The van der Waals surface area contributed by atoms with Crippen LogP contribution in [-0.2, 0) is 0 Å². The molecule has 0 spiro atoms. The molecule has 0 aliphatic carbocycles. The number of nitrogens with zero attached hydrogens (tertiary/aromatic N) is 4. The average Bonchev–Trinajstić information content (AvgIpc) is 3.35. The van der Waals surface area contributed by atoms with Crippen molar-refractivity contribution in [2.75, 3.05) is 23.9 Å². The van der Waals surface area contributed by atoms with Crippen LogP contribution in [0, 0.1) is 13.8 Å². The first-order chi connectivity index (χ1) is 16.5. The summed E-state index contributed by atoms with van der Waals surface area (Å²) in [5.74, 6) is 0. The lowest BCUT2D eigenvalue weighted by Gasteiger charge is -2.28. The van der Waals surface area contributed by atoms with Crippen molar-refractivity contribution in [2.45, 2.75) is 25.9 Å². The largest absolute Gasteiger partial charge is 0.378 e. The number of rotatable bonds is 5. The van der Waals surface area contributed by atoms with Crippen molar-refractivity contribution in [1.29, 1.82) is 0 Å². The number of hydrogen-bond donors (Lipinski definition) is 1. The van der Waals surface area contributed by atoms with Crippen LogP contribution in [0.1, 0.15) is 34.7 Å². The predicted molar refractivity (Wildman–Crippen MR) is 144 cm³/mol. The van der Waals surface area contributed by atoms with Crippen LogP contribution in [0.2, 0.25) is 0 Å². The summed E-state index contributed by atoms with van der Waals surface area (Å²) in [5.41, 5.74) is 7.99. The molecule has 0 radical (unpaired) electrons. The minimum atomic E-state index is -0.0630. The summed E-state index contributed by atoms with van der Waals surface area (Å²) in [6.45, 7) is 4.36. The Labute approximate surface area is 206 Å². The number of aromatic nitrogens is 2. The quantitative estimate of drug-likeness (QED) is 0.379. The van der Waals surface area contributed by atoms with Gasteiger partial charge in [0.05, 0.1) is 17.8 Å². The molecule has 1 aliphatic heterocycles. The molecule has 0 unspecified atom stereocenters. The van der Waals surface area contributed by atoms with Crippen molar-refractivity contribution < 1.29 is 0 Å². The van der Waals surface area contributed by atoms with Gasteiger partial charge in [-0.05, 0) is 86.2 Å². The van der Waals surface area contributed by atoms with Gasteiger partial charge in [-0.1, -0.05) is 24.3 Å². The summed E-state index contributed by atoms with van der Waals surface area (Å²) in [6.07, 6.45) is 1.85. The number of para-hydroxylation sites is 1. The second kappa shape index (κ2) is 8.95. The first-order valence-corrected chi connectivity index (χ1v) is 11.9. The third kappa shape index (κ3) is 3.84. The van der Waals surface area contributed by atoms with E-state index in [1.807, 2.05) is 24.4 Å². The average molecular weight is 468 g/mol. The molecule has 4 aromatic rings. The van der Waals surface area contributed by atoms with Crippen LogP contribution in [0.3, 0.4) is 0 Å². The Hall–Kier alpha value is -3.64. The predicted octanol–water partition coefficient (Wildman–Crippen LogP) is 5.73. The second-order valence-corrected chi connectivity index (χ2v) is 9.29. The van der Waals surface area contributed by atoms with Crippen molar-refractivity contribution in [3.63, 3.8) is 0 Å². The van der Waals surface area contributed by atoms with Gasteiger partial charge in [0.2, 0.25) is 0 Å². The topological polar surface area (TPSA) is 36.3 Å². The van der Waals surface area contributed by atoms with Crippen molar-refractivity contribution in [1.82, 2.24) is 14.9 Å². The van der Waals surface area contributed by atoms with Crippen LogP contribution < -0.4 is 15.1 Å². The molecular formula is C28H29N5S. The molecule has 2 aromatic carbocycles. The van der Waals surface area contributed by atoms with E-state index >= 15 is 0 Å². The maximum atomic E-state index is 5.91. The highest BCUT2D eigenvalue weighted by atomic mass is 32.1. The summed E-state index contributed by atoms with van der Waals surface area (Å²) < 4.78 is 2.32. The van der Waals surface area contributed by atoms with Crippen molar-refractivity contribution >= 4 is 28.7 Å². The Kier molecular flexibility index (Phi) is 5.84. The SMILES string of the molecule is Cc1cc([C@@H]2[C@H](c3ccccn3)NC(=S)N2c2ccc(N(C)C)cc2)c(C)n1-c1ccccc1. The van der Waals surface area contributed by atoms with Crippen molar-refractivity contribution in [3.05, 3.63) is 108 Å².